The Hall–Kier alpha value is -4.80. The molecular formula is C31H26F3N3O5. The van der Waals surface area contributed by atoms with Gasteiger partial charge in [0.05, 0.1) is 23.6 Å². The molecule has 1 unspecified atom stereocenters. The molecule has 1 aromatic heterocycles. The van der Waals surface area contributed by atoms with E-state index in [1.807, 2.05) is 12.1 Å². The molecule has 0 saturated carbocycles. The molecule has 1 aliphatic carbocycles. The molecule has 0 spiro atoms. The SMILES string of the molecule is CN(C(=O)c1cccc(-n2nc(C(F)(F)F)c3c2C(Oc2ccc(C(=O)O)cc2)CCC3)c1)c1ccc2c(c1)OCC2. The first-order chi connectivity index (χ1) is 20.1. The Morgan fingerprint density at radius 3 is 2.57 bits per heavy atom. The largest absolute Gasteiger partial charge is 0.493 e. The molecule has 0 fully saturated rings. The summed E-state index contributed by atoms with van der Waals surface area (Å²) in [5.74, 6) is -0.396. The van der Waals surface area contributed by atoms with Crippen LogP contribution < -0.4 is 14.4 Å². The van der Waals surface area contributed by atoms with Crippen LogP contribution in [0.4, 0.5) is 18.9 Å². The van der Waals surface area contributed by atoms with E-state index in [9.17, 15) is 27.9 Å². The fraction of sp³-hybridized carbons (Fsp3) is 0.258. The Morgan fingerprint density at radius 1 is 1.05 bits per heavy atom. The number of amides is 1. The maximum atomic E-state index is 14.1. The number of hydrogen-bond donors (Lipinski definition) is 1. The molecule has 1 atom stereocenters. The van der Waals surface area contributed by atoms with Gasteiger partial charge >= 0.3 is 12.1 Å². The van der Waals surface area contributed by atoms with Gasteiger partial charge < -0.3 is 19.5 Å². The van der Waals surface area contributed by atoms with Gasteiger partial charge in [0.2, 0.25) is 0 Å². The van der Waals surface area contributed by atoms with Crippen LogP contribution in [0.25, 0.3) is 5.69 Å². The predicted octanol–water partition coefficient (Wildman–Crippen LogP) is 6.26. The van der Waals surface area contributed by atoms with Gasteiger partial charge in [-0.05, 0) is 73.4 Å². The average molecular weight is 578 g/mol. The lowest BCUT2D eigenvalue weighted by Crippen LogP contribution is -2.26. The fourth-order valence-corrected chi connectivity index (χ4v) is 5.47. The number of nitrogens with zero attached hydrogens (tertiary/aromatic N) is 3. The number of carboxylic acid groups (broad SMARTS) is 1. The number of carbonyl (C=O) groups excluding carboxylic acids is 1. The van der Waals surface area contributed by atoms with Crippen molar-refractivity contribution in [1.82, 2.24) is 9.78 Å². The molecule has 4 aromatic rings. The number of hydrogen-bond acceptors (Lipinski definition) is 5. The predicted molar refractivity (Wildman–Crippen MR) is 147 cm³/mol. The minimum absolute atomic E-state index is 0.0490. The second-order valence-electron chi connectivity index (χ2n) is 10.3. The summed E-state index contributed by atoms with van der Waals surface area (Å²) in [6, 6.07) is 17.6. The first kappa shape index (κ1) is 27.4. The number of aromatic nitrogens is 2. The first-order valence-corrected chi connectivity index (χ1v) is 13.4. The van der Waals surface area contributed by atoms with Crippen molar-refractivity contribution in [2.24, 2.45) is 0 Å². The van der Waals surface area contributed by atoms with Crippen molar-refractivity contribution < 1.29 is 37.3 Å². The van der Waals surface area contributed by atoms with E-state index in [4.69, 9.17) is 9.47 Å². The van der Waals surface area contributed by atoms with E-state index in [2.05, 4.69) is 5.10 Å². The van der Waals surface area contributed by atoms with Crippen LogP contribution in [0.3, 0.4) is 0 Å². The second-order valence-corrected chi connectivity index (χ2v) is 10.3. The lowest BCUT2D eigenvalue weighted by atomic mass is 9.92. The highest BCUT2D eigenvalue weighted by Crippen LogP contribution is 2.42. The fourth-order valence-electron chi connectivity index (χ4n) is 5.47. The summed E-state index contributed by atoms with van der Waals surface area (Å²) in [7, 11) is 1.63. The normalized spacial score (nSPS) is 15.9. The second kappa shape index (κ2) is 10.6. The van der Waals surface area contributed by atoms with Gasteiger partial charge in [-0.25, -0.2) is 9.48 Å². The van der Waals surface area contributed by atoms with E-state index in [0.717, 1.165) is 17.7 Å². The molecule has 42 heavy (non-hydrogen) atoms. The van der Waals surface area contributed by atoms with Crippen molar-refractivity contribution in [2.75, 3.05) is 18.6 Å². The van der Waals surface area contributed by atoms with Crippen molar-refractivity contribution in [1.29, 1.82) is 0 Å². The van der Waals surface area contributed by atoms with Crippen LogP contribution in [0.5, 0.6) is 11.5 Å². The molecule has 3 aromatic carbocycles. The number of anilines is 1. The highest BCUT2D eigenvalue weighted by molar-refractivity contribution is 6.06. The van der Waals surface area contributed by atoms with Crippen LogP contribution >= 0.6 is 0 Å². The summed E-state index contributed by atoms with van der Waals surface area (Å²) < 4.78 is 55.3. The number of ether oxygens (including phenoxy) is 2. The van der Waals surface area contributed by atoms with Crippen molar-refractivity contribution in [3.8, 4) is 17.2 Å². The maximum Gasteiger partial charge on any atom is 0.435 e. The van der Waals surface area contributed by atoms with E-state index in [1.54, 1.807) is 31.3 Å². The number of benzene rings is 3. The Bertz CT molecular complexity index is 1680. The van der Waals surface area contributed by atoms with E-state index >= 15 is 0 Å². The van der Waals surface area contributed by atoms with Crippen LogP contribution in [0.1, 0.15) is 62.2 Å². The molecule has 11 heteroatoms. The Balaban J connectivity index is 1.36. The van der Waals surface area contributed by atoms with Crippen molar-refractivity contribution in [3.63, 3.8) is 0 Å². The Kier molecular flexibility index (Phi) is 6.88. The lowest BCUT2D eigenvalue weighted by molar-refractivity contribution is -0.142. The molecule has 1 N–H and O–H groups in total. The summed E-state index contributed by atoms with van der Waals surface area (Å²) in [6.07, 6.45) is -3.61. The van der Waals surface area contributed by atoms with Crippen molar-refractivity contribution in [3.05, 3.63) is 100 Å². The minimum atomic E-state index is -4.69. The molecule has 2 heterocycles. The van der Waals surface area contributed by atoms with E-state index in [0.29, 0.717) is 30.9 Å². The number of aromatic carboxylic acids is 1. The molecule has 1 amide bonds. The third-order valence-corrected chi connectivity index (χ3v) is 7.58. The third-order valence-electron chi connectivity index (χ3n) is 7.58. The standard InChI is InChI=1S/C31H26F3N3O5/c1-36(21-11-8-18-14-15-41-26(18)17-21)29(38)20-4-2-5-22(16-20)37-27-24(28(35-37)31(32,33)34)6-3-7-25(27)42-23-12-9-19(10-13-23)30(39)40/h2,4-5,8-13,16-17,25H,3,6-7,14-15H2,1H3,(H,39,40). The molecule has 216 valence electrons. The van der Waals surface area contributed by atoms with E-state index in [-0.39, 0.29) is 40.4 Å². The zero-order valence-electron chi connectivity index (χ0n) is 22.5. The summed E-state index contributed by atoms with van der Waals surface area (Å²) in [6.45, 7) is 0.588. The van der Waals surface area contributed by atoms with Gasteiger partial charge in [-0.3, -0.25) is 4.79 Å². The van der Waals surface area contributed by atoms with Crippen molar-refractivity contribution >= 4 is 17.6 Å². The summed E-state index contributed by atoms with van der Waals surface area (Å²) in [4.78, 5) is 26.2. The zero-order valence-corrected chi connectivity index (χ0v) is 22.5. The molecule has 1 aliphatic heterocycles. The van der Waals surface area contributed by atoms with Crippen LogP contribution in [-0.2, 0) is 19.0 Å². The molecule has 0 radical (unpaired) electrons. The zero-order chi connectivity index (χ0) is 29.6. The summed E-state index contributed by atoms with van der Waals surface area (Å²) in [5, 5.41) is 13.2. The number of halogens is 3. The highest BCUT2D eigenvalue weighted by atomic mass is 19.4. The van der Waals surface area contributed by atoms with Crippen LogP contribution in [0.2, 0.25) is 0 Å². The average Bonchev–Trinajstić information content (AvgIpc) is 3.62. The van der Waals surface area contributed by atoms with Gasteiger partial charge in [0.25, 0.3) is 5.91 Å². The van der Waals surface area contributed by atoms with Gasteiger partial charge in [0.1, 0.15) is 17.6 Å². The molecule has 2 aliphatic rings. The Morgan fingerprint density at radius 2 is 1.83 bits per heavy atom. The van der Waals surface area contributed by atoms with Crippen LogP contribution in [0.15, 0.2) is 66.7 Å². The van der Waals surface area contributed by atoms with Crippen molar-refractivity contribution in [2.45, 2.75) is 38.0 Å². The van der Waals surface area contributed by atoms with Gasteiger partial charge in [-0.1, -0.05) is 12.1 Å². The van der Waals surface area contributed by atoms with Crippen LogP contribution in [-0.4, -0.2) is 40.4 Å². The van der Waals surface area contributed by atoms with Crippen LogP contribution in [0, 0.1) is 0 Å². The topological polar surface area (TPSA) is 93.9 Å². The lowest BCUT2D eigenvalue weighted by Gasteiger charge is -2.26. The maximum absolute atomic E-state index is 14.1. The highest BCUT2D eigenvalue weighted by Gasteiger charge is 2.42. The Labute approximate surface area is 238 Å². The van der Waals surface area contributed by atoms with E-state index < -0.39 is 23.9 Å². The molecule has 8 nitrogen and oxygen atoms in total. The molecular weight excluding hydrogens is 551 g/mol. The number of carboxylic acids is 1. The number of alkyl halides is 3. The number of carbonyl (C=O) groups is 2. The van der Waals surface area contributed by atoms with E-state index in [1.165, 1.54) is 39.9 Å². The smallest absolute Gasteiger partial charge is 0.435 e. The monoisotopic (exact) mass is 577 g/mol. The summed E-state index contributed by atoms with van der Waals surface area (Å²) >= 11 is 0. The number of rotatable bonds is 6. The quantitative estimate of drug-likeness (QED) is 0.291. The first-order valence-electron chi connectivity index (χ1n) is 13.4. The minimum Gasteiger partial charge on any atom is -0.493 e. The number of fused-ring (bicyclic) bond motifs is 2. The van der Waals surface area contributed by atoms with Gasteiger partial charge in [0.15, 0.2) is 5.69 Å². The van der Waals surface area contributed by atoms with Gasteiger partial charge in [-0.2, -0.15) is 18.3 Å². The third kappa shape index (κ3) is 5.06. The molecule has 0 saturated heterocycles. The molecule has 6 rings (SSSR count). The molecule has 0 bridgehead atoms. The van der Waals surface area contributed by atoms with Gasteiger partial charge in [-0.15, -0.1) is 0 Å². The van der Waals surface area contributed by atoms with Gasteiger partial charge in [0, 0.05) is 36.3 Å². The summed E-state index contributed by atoms with van der Waals surface area (Å²) in [5.41, 5.74) is 1.64.